The largest absolute Gasteiger partial charge is 0.478 e. The Morgan fingerprint density at radius 3 is 2.55 bits per heavy atom. The van der Waals surface area contributed by atoms with Gasteiger partial charge in [0.15, 0.2) is 5.90 Å². The highest BCUT2D eigenvalue weighted by atomic mass is 16.5. The Hall–Kier alpha value is -0.530. The van der Waals surface area contributed by atoms with Crippen molar-refractivity contribution in [2.45, 2.75) is 38.6 Å². The van der Waals surface area contributed by atoms with Gasteiger partial charge in [0.1, 0.15) is 6.61 Å². The predicted molar refractivity (Wildman–Crippen MR) is 44.8 cm³/mol. The third-order valence-electron chi connectivity index (χ3n) is 2.44. The SMILES string of the molecule is CC1(C)COC(C2CCC2)=N1. The summed E-state index contributed by atoms with van der Waals surface area (Å²) in [6, 6.07) is 0. The Morgan fingerprint density at radius 2 is 2.18 bits per heavy atom. The van der Waals surface area contributed by atoms with Crippen LogP contribution >= 0.6 is 0 Å². The lowest BCUT2D eigenvalue weighted by atomic mass is 9.85. The number of hydrogen-bond donors (Lipinski definition) is 0. The maximum atomic E-state index is 5.52. The molecule has 1 heterocycles. The van der Waals surface area contributed by atoms with Crippen LogP contribution in [0.2, 0.25) is 0 Å². The molecule has 1 aliphatic carbocycles. The van der Waals surface area contributed by atoms with Crippen LogP contribution in [0.4, 0.5) is 0 Å². The Balaban J connectivity index is 2.04. The van der Waals surface area contributed by atoms with Gasteiger partial charge in [0.25, 0.3) is 0 Å². The molecular weight excluding hydrogens is 138 g/mol. The van der Waals surface area contributed by atoms with E-state index in [4.69, 9.17) is 4.74 Å². The third kappa shape index (κ3) is 1.26. The molecule has 0 spiro atoms. The molecule has 0 saturated heterocycles. The first-order valence-electron chi connectivity index (χ1n) is 4.40. The van der Waals surface area contributed by atoms with Crippen molar-refractivity contribution in [3.05, 3.63) is 0 Å². The van der Waals surface area contributed by atoms with Crippen molar-refractivity contribution < 1.29 is 4.74 Å². The Morgan fingerprint density at radius 1 is 1.45 bits per heavy atom. The normalized spacial score (nSPS) is 29.1. The molecule has 0 aromatic heterocycles. The van der Waals surface area contributed by atoms with Gasteiger partial charge in [-0.25, -0.2) is 4.99 Å². The van der Waals surface area contributed by atoms with Crippen LogP contribution in [0, 0.1) is 5.92 Å². The zero-order valence-electron chi connectivity index (χ0n) is 7.26. The van der Waals surface area contributed by atoms with Crippen LogP contribution in [0.1, 0.15) is 33.1 Å². The first-order valence-corrected chi connectivity index (χ1v) is 4.40. The average Bonchev–Trinajstić information content (AvgIpc) is 2.05. The molecule has 0 atom stereocenters. The summed E-state index contributed by atoms with van der Waals surface area (Å²) >= 11 is 0. The molecule has 11 heavy (non-hydrogen) atoms. The van der Waals surface area contributed by atoms with E-state index in [0.717, 1.165) is 12.5 Å². The van der Waals surface area contributed by atoms with Gasteiger partial charge >= 0.3 is 0 Å². The lowest BCUT2D eigenvalue weighted by molar-refractivity contribution is 0.246. The lowest BCUT2D eigenvalue weighted by Gasteiger charge is -2.23. The van der Waals surface area contributed by atoms with Crippen molar-refractivity contribution in [2.24, 2.45) is 10.9 Å². The first kappa shape index (κ1) is 7.14. The second-order valence-electron chi connectivity index (χ2n) is 4.18. The molecule has 0 radical (unpaired) electrons. The van der Waals surface area contributed by atoms with Crippen LogP contribution < -0.4 is 0 Å². The van der Waals surface area contributed by atoms with E-state index < -0.39 is 0 Å². The topological polar surface area (TPSA) is 21.6 Å². The van der Waals surface area contributed by atoms with Crippen LogP contribution in [-0.4, -0.2) is 18.0 Å². The molecule has 1 fully saturated rings. The van der Waals surface area contributed by atoms with Crippen molar-refractivity contribution in [3.8, 4) is 0 Å². The molecular formula is C9H15NO. The second kappa shape index (κ2) is 2.23. The van der Waals surface area contributed by atoms with E-state index in [0.29, 0.717) is 5.92 Å². The van der Waals surface area contributed by atoms with E-state index in [-0.39, 0.29) is 5.54 Å². The monoisotopic (exact) mass is 153 g/mol. The summed E-state index contributed by atoms with van der Waals surface area (Å²) in [5.74, 6) is 1.69. The predicted octanol–water partition coefficient (Wildman–Crippen LogP) is 1.99. The fraction of sp³-hybridized carbons (Fsp3) is 0.889. The first-order chi connectivity index (χ1) is 5.17. The molecule has 2 rings (SSSR count). The number of ether oxygens (including phenoxy) is 1. The van der Waals surface area contributed by atoms with Crippen LogP contribution in [0.3, 0.4) is 0 Å². The second-order valence-corrected chi connectivity index (χ2v) is 4.18. The van der Waals surface area contributed by atoms with Gasteiger partial charge in [-0.3, -0.25) is 0 Å². The Labute approximate surface area is 67.7 Å². The zero-order chi connectivity index (χ0) is 7.90. The molecule has 0 N–H and O–H groups in total. The van der Waals surface area contributed by atoms with E-state index in [1.54, 1.807) is 0 Å². The van der Waals surface area contributed by atoms with Crippen LogP contribution in [0.5, 0.6) is 0 Å². The minimum atomic E-state index is 0.0466. The van der Waals surface area contributed by atoms with E-state index in [9.17, 15) is 0 Å². The van der Waals surface area contributed by atoms with E-state index in [2.05, 4.69) is 18.8 Å². The maximum absolute atomic E-state index is 5.52. The van der Waals surface area contributed by atoms with Crippen LogP contribution in [0.25, 0.3) is 0 Å². The maximum Gasteiger partial charge on any atom is 0.187 e. The zero-order valence-corrected chi connectivity index (χ0v) is 7.26. The fourth-order valence-corrected chi connectivity index (χ4v) is 1.48. The summed E-state index contributed by atoms with van der Waals surface area (Å²) in [5, 5.41) is 0. The van der Waals surface area contributed by atoms with Gasteiger partial charge in [-0.15, -0.1) is 0 Å². The van der Waals surface area contributed by atoms with Gasteiger partial charge in [-0.1, -0.05) is 6.42 Å². The Bertz CT molecular complexity index is 192. The van der Waals surface area contributed by atoms with Crippen molar-refractivity contribution in [2.75, 3.05) is 6.61 Å². The van der Waals surface area contributed by atoms with Gasteiger partial charge in [-0.05, 0) is 26.7 Å². The fourth-order valence-electron chi connectivity index (χ4n) is 1.48. The van der Waals surface area contributed by atoms with Gasteiger partial charge in [-0.2, -0.15) is 0 Å². The standard InChI is InChI=1S/C9H15NO/c1-9(2)6-11-8(10-9)7-4-3-5-7/h7H,3-6H2,1-2H3. The molecule has 1 saturated carbocycles. The van der Waals surface area contributed by atoms with Crippen molar-refractivity contribution in [1.29, 1.82) is 0 Å². The van der Waals surface area contributed by atoms with Gasteiger partial charge < -0.3 is 4.74 Å². The van der Waals surface area contributed by atoms with E-state index in [1.165, 1.54) is 19.3 Å². The van der Waals surface area contributed by atoms with Gasteiger partial charge in [0.05, 0.1) is 5.54 Å². The number of rotatable bonds is 1. The van der Waals surface area contributed by atoms with E-state index >= 15 is 0 Å². The summed E-state index contributed by atoms with van der Waals surface area (Å²) < 4.78 is 5.52. The highest BCUT2D eigenvalue weighted by Gasteiger charge is 2.33. The summed E-state index contributed by atoms with van der Waals surface area (Å²) in [5.41, 5.74) is 0.0466. The molecule has 0 bridgehead atoms. The van der Waals surface area contributed by atoms with Crippen LogP contribution in [0.15, 0.2) is 4.99 Å². The molecule has 2 aliphatic rings. The average molecular weight is 153 g/mol. The summed E-state index contributed by atoms with van der Waals surface area (Å²) in [6.07, 6.45) is 3.93. The van der Waals surface area contributed by atoms with Crippen molar-refractivity contribution in [1.82, 2.24) is 0 Å². The molecule has 0 unspecified atom stereocenters. The molecule has 1 aliphatic heterocycles. The highest BCUT2D eigenvalue weighted by Crippen LogP contribution is 2.32. The van der Waals surface area contributed by atoms with Crippen molar-refractivity contribution in [3.63, 3.8) is 0 Å². The van der Waals surface area contributed by atoms with Crippen molar-refractivity contribution >= 4 is 5.90 Å². The lowest BCUT2D eigenvalue weighted by Crippen LogP contribution is -2.21. The molecule has 0 amide bonds. The minimum absolute atomic E-state index is 0.0466. The molecule has 2 heteroatoms. The quantitative estimate of drug-likeness (QED) is 0.564. The minimum Gasteiger partial charge on any atom is -0.478 e. The van der Waals surface area contributed by atoms with Gasteiger partial charge in [0.2, 0.25) is 0 Å². The number of aliphatic imine (C=N–C) groups is 1. The smallest absolute Gasteiger partial charge is 0.187 e. The summed E-state index contributed by atoms with van der Waals surface area (Å²) in [4.78, 5) is 4.54. The Kier molecular flexibility index (Phi) is 1.44. The highest BCUT2D eigenvalue weighted by molar-refractivity contribution is 5.81. The molecule has 62 valence electrons. The van der Waals surface area contributed by atoms with E-state index in [1.807, 2.05) is 0 Å². The van der Waals surface area contributed by atoms with Crippen LogP contribution in [-0.2, 0) is 4.74 Å². The third-order valence-corrected chi connectivity index (χ3v) is 2.44. The summed E-state index contributed by atoms with van der Waals surface area (Å²) in [7, 11) is 0. The molecule has 2 nitrogen and oxygen atoms in total. The summed E-state index contributed by atoms with van der Waals surface area (Å²) in [6.45, 7) is 5.02. The molecule has 0 aromatic rings. The number of nitrogens with zero attached hydrogens (tertiary/aromatic N) is 1. The number of hydrogen-bond acceptors (Lipinski definition) is 2. The molecule has 0 aromatic carbocycles. The van der Waals surface area contributed by atoms with Gasteiger partial charge in [0, 0.05) is 5.92 Å².